The van der Waals surface area contributed by atoms with Crippen molar-refractivity contribution in [3.05, 3.63) is 29.8 Å². The van der Waals surface area contributed by atoms with E-state index in [2.05, 4.69) is 4.72 Å². The van der Waals surface area contributed by atoms with Gasteiger partial charge in [-0.05, 0) is 31.0 Å². The highest BCUT2D eigenvalue weighted by Crippen LogP contribution is 2.30. The summed E-state index contributed by atoms with van der Waals surface area (Å²) in [5.41, 5.74) is -1.03. The average Bonchev–Trinajstić information content (AvgIpc) is 2.69. The van der Waals surface area contributed by atoms with E-state index in [4.69, 9.17) is 0 Å². The van der Waals surface area contributed by atoms with Crippen molar-refractivity contribution < 1.29 is 31.2 Å². The summed E-state index contributed by atoms with van der Waals surface area (Å²) in [6.07, 6.45) is -3.85. The second-order valence-electron chi connectivity index (χ2n) is 7.53. The third-order valence-corrected chi connectivity index (χ3v) is 6.96. The minimum absolute atomic E-state index is 0.253. The van der Waals surface area contributed by atoms with E-state index in [1.807, 2.05) is 4.90 Å². The maximum absolute atomic E-state index is 12.9. The smallest absolute Gasteiger partial charge is 0.325 e. The van der Waals surface area contributed by atoms with Crippen LogP contribution < -0.4 is 4.72 Å². The number of nitrogens with one attached hydrogen (secondary N) is 1. The lowest BCUT2D eigenvalue weighted by molar-refractivity contribution is -0.138. The van der Waals surface area contributed by atoms with Crippen LogP contribution in [0.5, 0.6) is 0 Å². The van der Waals surface area contributed by atoms with Gasteiger partial charge in [0, 0.05) is 39.8 Å². The number of imide groups is 1. The number of sulfonamides is 1. The first kappa shape index (κ1) is 22.5. The van der Waals surface area contributed by atoms with Crippen LogP contribution >= 0.6 is 0 Å². The molecule has 2 aliphatic heterocycles. The molecule has 0 bridgehead atoms. The number of likely N-dealkylation sites (N-methyl/N-ethyl adjacent to an activating group) is 2. The lowest BCUT2D eigenvalue weighted by Crippen LogP contribution is -2.63. The van der Waals surface area contributed by atoms with Gasteiger partial charge in [0.05, 0.1) is 10.5 Å². The molecule has 1 aromatic rings. The van der Waals surface area contributed by atoms with Gasteiger partial charge in [-0.2, -0.15) is 13.2 Å². The maximum atomic E-state index is 12.9. The van der Waals surface area contributed by atoms with Crippen molar-refractivity contribution in [3.63, 3.8) is 0 Å². The second-order valence-corrected chi connectivity index (χ2v) is 9.25. The highest BCUT2D eigenvalue weighted by molar-refractivity contribution is 7.89. The molecule has 3 rings (SSSR count). The third-order valence-electron chi connectivity index (χ3n) is 5.44. The molecular formula is C18H23F3N4O4S. The topological polar surface area (TPSA) is 90.0 Å². The van der Waals surface area contributed by atoms with Gasteiger partial charge in [-0.25, -0.2) is 17.9 Å². The molecule has 3 amide bonds. The molecule has 0 radical (unpaired) electrons. The first-order valence-corrected chi connectivity index (χ1v) is 10.8. The van der Waals surface area contributed by atoms with Crippen molar-refractivity contribution in [2.45, 2.75) is 36.0 Å². The summed E-state index contributed by atoms with van der Waals surface area (Å²) in [7, 11) is -1.09. The zero-order chi connectivity index (χ0) is 22.3. The van der Waals surface area contributed by atoms with E-state index < -0.39 is 38.7 Å². The monoisotopic (exact) mass is 448 g/mol. The standard InChI is InChI=1S/C18H23F3N4O4S/c1-23-11-15(16(26)24(2)17(23)27)25-8-6-13(7-9-25)22-30(28,29)14-5-3-4-12(10-14)18(19,20)21/h3-5,10,13,15,22H,6-9,11H2,1-2H3. The van der Waals surface area contributed by atoms with E-state index in [-0.39, 0.29) is 18.5 Å². The number of piperidine rings is 1. The molecule has 1 N–H and O–H groups in total. The lowest BCUT2D eigenvalue weighted by atomic mass is 10.0. The fourth-order valence-electron chi connectivity index (χ4n) is 3.72. The molecule has 1 aromatic carbocycles. The molecular weight excluding hydrogens is 425 g/mol. The van der Waals surface area contributed by atoms with E-state index in [1.54, 1.807) is 7.05 Å². The predicted octanol–water partition coefficient (Wildman–Crippen LogP) is 1.34. The van der Waals surface area contributed by atoms with Crippen molar-refractivity contribution in [2.75, 3.05) is 33.7 Å². The zero-order valence-corrected chi connectivity index (χ0v) is 17.3. The van der Waals surface area contributed by atoms with Crippen molar-refractivity contribution in [1.82, 2.24) is 19.4 Å². The van der Waals surface area contributed by atoms with Crippen LogP contribution in [-0.4, -0.2) is 80.9 Å². The molecule has 2 aliphatic rings. The number of rotatable bonds is 4. The summed E-state index contributed by atoms with van der Waals surface area (Å²) >= 11 is 0. The largest absolute Gasteiger partial charge is 0.416 e. The number of hydrogen-bond donors (Lipinski definition) is 1. The molecule has 2 saturated heterocycles. The van der Waals surface area contributed by atoms with Gasteiger partial charge >= 0.3 is 12.2 Å². The molecule has 2 heterocycles. The van der Waals surface area contributed by atoms with E-state index >= 15 is 0 Å². The van der Waals surface area contributed by atoms with Crippen molar-refractivity contribution in [1.29, 1.82) is 0 Å². The number of hydrogen-bond acceptors (Lipinski definition) is 5. The van der Waals surface area contributed by atoms with Gasteiger partial charge in [0.1, 0.15) is 6.04 Å². The van der Waals surface area contributed by atoms with Crippen LogP contribution in [0.3, 0.4) is 0 Å². The SMILES string of the molecule is CN1CC(N2CCC(NS(=O)(=O)c3cccc(C(F)(F)F)c3)CC2)C(=O)N(C)C1=O. The van der Waals surface area contributed by atoms with Crippen LogP contribution in [0.1, 0.15) is 18.4 Å². The molecule has 12 heteroatoms. The molecule has 166 valence electrons. The van der Waals surface area contributed by atoms with E-state index in [9.17, 15) is 31.2 Å². The molecule has 1 atom stereocenters. The first-order valence-electron chi connectivity index (χ1n) is 9.36. The van der Waals surface area contributed by atoms with E-state index in [0.29, 0.717) is 32.0 Å². The number of carbonyl (C=O) groups excluding carboxylic acids is 2. The number of urea groups is 1. The van der Waals surface area contributed by atoms with Crippen LogP contribution in [0, 0.1) is 0 Å². The normalized spacial score (nSPS) is 22.6. The van der Waals surface area contributed by atoms with E-state index in [0.717, 1.165) is 23.1 Å². The highest BCUT2D eigenvalue weighted by atomic mass is 32.2. The Bertz CT molecular complexity index is 930. The number of halogens is 3. The zero-order valence-electron chi connectivity index (χ0n) is 16.5. The summed E-state index contributed by atoms with van der Waals surface area (Å²) < 4.78 is 66.2. The van der Waals surface area contributed by atoms with Crippen LogP contribution in [0.4, 0.5) is 18.0 Å². The van der Waals surface area contributed by atoms with Gasteiger partial charge < -0.3 is 4.90 Å². The van der Waals surface area contributed by atoms with Crippen LogP contribution in [0.15, 0.2) is 29.2 Å². The second kappa shape index (κ2) is 8.16. The first-order chi connectivity index (χ1) is 13.9. The summed E-state index contributed by atoms with van der Waals surface area (Å²) in [4.78, 5) is 28.3. The number of carbonyl (C=O) groups is 2. The number of likely N-dealkylation sites (tertiary alicyclic amines) is 1. The molecule has 0 spiro atoms. The summed E-state index contributed by atoms with van der Waals surface area (Å²) in [5, 5.41) is 0. The van der Waals surface area contributed by atoms with Gasteiger partial charge in [0.15, 0.2) is 0 Å². The Morgan fingerprint density at radius 2 is 1.73 bits per heavy atom. The fraction of sp³-hybridized carbons (Fsp3) is 0.556. The van der Waals surface area contributed by atoms with Crippen molar-refractivity contribution >= 4 is 22.0 Å². The lowest BCUT2D eigenvalue weighted by Gasteiger charge is -2.42. The highest BCUT2D eigenvalue weighted by Gasteiger charge is 2.40. The summed E-state index contributed by atoms with van der Waals surface area (Å²) in [6.45, 7) is 1.09. The maximum Gasteiger partial charge on any atom is 0.416 e. The predicted molar refractivity (Wildman–Crippen MR) is 101 cm³/mol. The minimum atomic E-state index is -4.63. The van der Waals surface area contributed by atoms with Gasteiger partial charge in [-0.1, -0.05) is 6.07 Å². The van der Waals surface area contributed by atoms with Crippen molar-refractivity contribution in [3.8, 4) is 0 Å². The Morgan fingerprint density at radius 3 is 2.33 bits per heavy atom. The van der Waals surface area contributed by atoms with E-state index in [1.165, 1.54) is 11.9 Å². The summed E-state index contributed by atoms with van der Waals surface area (Å²) in [5.74, 6) is -0.305. The van der Waals surface area contributed by atoms with Crippen LogP contribution in [-0.2, 0) is 21.0 Å². The third kappa shape index (κ3) is 4.60. The Hall–Kier alpha value is -2.18. The molecule has 1 unspecified atom stereocenters. The Balaban J connectivity index is 1.63. The molecule has 8 nitrogen and oxygen atoms in total. The Morgan fingerprint density at radius 1 is 1.10 bits per heavy atom. The van der Waals surface area contributed by atoms with Crippen LogP contribution in [0.25, 0.3) is 0 Å². The molecule has 2 fully saturated rings. The number of amides is 3. The molecule has 0 aliphatic carbocycles. The number of alkyl halides is 3. The minimum Gasteiger partial charge on any atom is -0.325 e. The number of nitrogens with zero attached hydrogens (tertiary/aromatic N) is 3. The van der Waals surface area contributed by atoms with Crippen LogP contribution in [0.2, 0.25) is 0 Å². The molecule has 0 saturated carbocycles. The number of benzene rings is 1. The average molecular weight is 448 g/mol. The van der Waals surface area contributed by atoms with Gasteiger partial charge in [0.2, 0.25) is 15.9 Å². The quantitative estimate of drug-likeness (QED) is 0.751. The fourth-order valence-corrected chi connectivity index (χ4v) is 5.07. The molecule has 0 aromatic heterocycles. The molecule has 30 heavy (non-hydrogen) atoms. The Kier molecular flexibility index (Phi) is 6.12. The van der Waals surface area contributed by atoms with Gasteiger partial charge in [-0.3, -0.25) is 14.6 Å². The Labute approximate surface area is 172 Å². The van der Waals surface area contributed by atoms with Gasteiger partial charge in [-0.15, -0.1) is 0 Å². The van der Waals surface area contributed by atoms with Gasteiger partial charge in [0.25, 0.3) is 0 Å². The summed E-state index contributed by atoms with van der Waals surface area (Å²) in [6, 6.07) is 2.27. The van der Waals surface area contributed by atoms with Crippen molar-refractivity contribution in [2.24, 2.45) is 0 Å².